The second-order valence-electron chi connectivity index (χ2n) is 6.02. The number of hydrogen-bond acceptors (Lipinski definition) is 4. The van der Waals surface area contributed by atoms with Gasteiger partial charge in [0.25, 0.3) is 5.91 Å². The van der Waals surface area contributed by atoms with Crippen LogP contribution in [0.15, 0.2) is 0 Å². The van der Waals surface area contributed by atoms with Crippen molar-refractivity contribution in [3.63, 3.8) is 0 Å². The average Bonchev–Trinajstić information content (AvgIpc) is 3.16. The van der Waals surface area contributed by atoms with Crippen LogP contribution < -0.4 is 5.32 Å². The number of hydrogen-bond donors (Lipinski definition) is 2. The van der Waals surface area contributed by atoms with Crippen LogP contribution in [0.3, 0.4) is 0 Å². The highest BCUT2D eigenvalue weighted by atomic mass is 16.4. The number of amides is 4. The quantitative estimate of drug-likeness (QED) is 0.689. The van der Waals surface area contributed by atoms with Crippen LogP contribution in [0.4, 0.5) is 4.79 Å². The lowest BCUT2D eigenvalue weighted by Gasteiger charge is -2.42. The maximum Gasteiger partial charge on any atom is 0.323 e. The molecule has 2 N–H and O–H groups in total. The van der Waals surface area contributed by atoms with Gasteiger partial charge in [-0.2, -0.15) is 0 Å². The molecule has 2 rings (SSSR count). The van der Waals surface area contributed by atoms with Crippen molar-refractivity contribution in [3.05, 3.63) is 0 Å². The summed E-state index contributed by atoms with van der Waals surface area (Å²) in [5, 5.41) is 11.1. The molecule has 2 aliphatic rings. The fourth-order valence-electron chi connectivity index (χ4n) is 2.25. The van der Waals surface area contributed by atoms with Crippen LogP contribution in [0.5, 0.6) is 0 Å². The molecule has 4 amide bonds. The number of carbonyl (C=O) groups is 4. The fourth-order valence-corrected chi connectivity index (χ4v) is 2.25. The Morgan fingerprint density at radius 2 is 2.00 bits per heavy atom. The number of imide groups is 1. The van der Waals surface area contributed by atoms with Crippen LogP contribution in [0, 0.1) is 5.92 Å². The Morgan fingerprint density at radius 1 is 1.38 bits per heavy atom. The van der Waals surface area contributed by atoms with E-state index in [0.29, 0.717) is 12.5 Å². The largest absolute Gasteiger partial charge is 0.480 e. The fraction of sp³-hybridized carbons (Fsp3) is 0.692. The summed E-state index contributed by atoms with van der Waals surface area (Å²) in [4.78, 5) is 49.2. The zero-order valence-corrected chi connectivity index (χ0v) is 12.1. The van der Waals surface area contributed by atoms with E-state index in [1.165, 1.54) is 18.7 Å². The highest BCUT2D eigenvalue weighted by molar-refractivity contribution is 6.06. The molecular weight excluding hydrogens is 278 g/mol. The third-order valence-electron chi connectivity index (χ3n) is 3.79. The molecule has 0 spiro atoms. The molecule has 1 saturated heterocycles. The molecular formula is C13H19N3O5. The van der Waals surface area contributed by atoms with Gasteiger partial charge in [0, 0.05) is 6.54 Å². The Kier molecular flexibility index (Phi) is 3.89. The Hall–Kier alpha value is -2.12. The maximum absolute atomic E-state index is 12.6. The smallest absolute Gasteiger partial charge is 0.323 e. The lowest BCUT2D eigenvalue weighted by Crippen LogP contribution is -2.67. The van der Waals surface area contributed by atoms with Gasteiger partial charge < -0.3 is 14.9 Å². The number of carboxylic acids is 1. The third kappa shape index (κ3) is 3.32. The minimum atomic E-state index is -1.19. The zero-order valence-electron chi connectivity index (χ0n) is 12.1. The van der Waals surface area contributed by atoms with Crippen molar-refractivity contribution in [1.82, 2.24) is 15.1 Å². The standard InChI is InChI=1S/C13H19N3O5/c1-13(2)11(20)14-9(17)6-16(13)12(21)15(7-10(18)19)5-8-3-4-8/h8H,3-7H2,1-2H3,(H,18,19)(H,14,17,20). The number of aliphatic carboxylic acids is 1. The van der Waals surface area contributed by atoms with Crippen LogP contribution >= 0.6 is 0 Å². The highest BCUT2D eigenvalue weighted by Gasteiger charge is 2.45. The number of carboxylic acid groups (broad SMARTS) is 1. The van der Waals surface area contributed by atoms with E-state index in [1.54, 1.807) is 0 Å². The van der Waals surface area contributed by atoms with Gasteiger partial charge in [-0.15, -0.1) is 0 Å². The van der Waals surface area contributed by atoms with Crippen molar-refractivity contribution in [1.29, 1.82) is 0 Å². The number of nitrogens with zero attached hydrogens (tertiary/aromatic N) is 2. The Bertz CT molecular complexity index is 498. The van der Waals surface area contributed by atoms with E-state index in [1.807, 2.05) is 0 Å². The zero-order chi connectivity index (χ0) is 15.8. The lowest BCUT2D eigenvalue weighted by molar-refractivity contribution is -0.143. The van der Waals surface area contributed by atoms with Gasteiger partial charge in [0.15, 0.2) is 0 Å². The van der Waals surface area contributed by atoms with Crippen LogP contribution in [0.2, 0.25) is 0 Å². The van der Waals surface area contributed by atoms with Crippen LogP contribution in [-0.2, 0) is 14.4 Å². The Labute approximate surface area is 122 Å². The van der Waals surface area contributed by atoms with Crippen molar-refractivity contribution >= 4 is 23.8 Å². The summed E-state index contributed by atoms with van der Waals surface area (Å²) in [7, 11) is 0. The molecule has 0 aromatic heterocycles. The van der Waals surface area contributed by atoms with Gasteiger partial charge in [-0.25, -0.2) is 4.79 Å². The van der Waals surface area contributed by atoms with Crippen molar-refractivity contribution in [2.24, 2.45) is 5.92 Å². The monoisotopic (exact) mass is 297 g/mol. The molecule has 1 heterocycles. The van der Waals surface area contributed by atoms with Crippen LogP contribution in [-0.4, -0.2) is 63.9 Å². The van der Waals surface area contributed by atoms with E-state index < -0.39 is 35.9 Å². The minimum absolute atomic E-state index is 0.252. The van der Waals surface area contributed by atoms with Crippen LogP contribution in [0.1, 0.15) is 26.7 Å². The Balaban J connectivity index is 2.18. The molecule has 0 aromatic carbocycles. The molecule has 0 atom stereocenters. The molecule has 0 radical (unpaired) electrons. The topological polar surface area (TPSA) is 107 Å². The second-order valence-corrected chi connectivity index (χ2v) is 6.02. The number of piperazine rings is 1. The first kappa shape index (κ1) is 15.3. The first-order chi connectivity index (χ1) is 9.71. The van der Waals surface area contributed by atoms with E-state index in [0.717, 1.165) is 17.7 Å². The minimum Gasteiger partial charge on any atom is -0.480 e. The van der Waals surface area contributed by atoms with Crippen molar-refractivity contribution < 1.29 is 24.3 Å². The summed E-state index contributed by atoms with van der Waals surface area (Å²) in [5.74, 6) is -1.93. The molecule has 2 fully saturated rings. The van der Waals surface area contributed by atoms with Crippen LogP contribution in [0.25, 0.3) is 0 Å². The predicted octanol–water partition coefficient (Wildman–Crippen LogP) is -0.360. The number of carbonyl (C=O) groups excluding carboxylic acids is 3. The van der Waals surface area contributed by atoms with Gasteiger partial charge in [-0.05, 0) is 32.6 Å². The first-order valence-electron chi connectivity index (χ1n) is 6.84. The molecule has 1 aliphatic carbocycles. The molecule has 0 unspecified atom stereocenters. The molecule has 8 heteroatoms. The molecule has 0 bridgehead atoms. The average molecular weight is 297 g/mol. The summed E-state index contributed by atoms with van der Waals surface area (Å²) in [6, 6.07) is -0.586. The summed E-state index contributed by atoms with van der Waals surface area (Å²) in [6.45, 7) is 2.72. The van der Waals surface area contributed by atoms with Crippen molar-refractivity contribution in [2.45, 2.75) is 32.2 Å². The molecule has 116 valence electrons. The number of rotatable bonds is 4. The van der Waals surface area contributed by atoms with Gasteiger partial charge in [-0.3, -0.25) is 19.7 Å². The van der Waals surface area contributed by atoms with Crippen molar-refractivity contribution in [2.75, 3.05) is 19.6 Å². The van der Waals surface area contributed by atoms with E-state index in [2.05, 4.69) is 5.32 Å². The van der Waals surface area contributed by atoms with Gasteiger partial charge >= 0.3 is 12.0 Å². The Morgan fingerprint density at radius 3 is 2.52 bits per heavy atom. The molecule has 8 nitrogen and oxygen atoms in total. The second kappa shape index (κ2) is 5.34. The molecule has 1 aliphatic heterocycles. The SMILES string of the molecule is CC1(C)C(=O)NC(=O)CN1C(=O)N(CC(=O)O)CC1CC1. The van der Waals surface area contributed by atoms with E-state index in [-0.39, 0.29) is 6.54 Å². The predicted molar refractivity (Wildman–Crippen MR) is 71.3 cm³/mol. The highest BCUT2D eigenvalue weighted by Crippen LogP contribution is 2.30. The summed E-state index contributed by atoms with van der Waals surface area (Å²) in [5.41, 5.74) is -1.19. The van der Waals surface area contributed by atoms with Gasteiger partial charge in [0.05, 0.1) is 0 Å². The normalized spacial score (nSPS) is 21.0. The van der Waals surface area contributed by atoms with Gasteiger partial charge in [0.1, 0.15) is 18.6 Å². The third-order valence-corrected chi connectivity index (χ3v) is 3.79. The van der Waals surface area contributed by atoms with Gasteiger partial charge in [0.2, 0.25) is 5.91 Å². The van der Waals surface area contributed by atoms with Gasteiger partial charge in [-0.1, -0.05) is 0 Å². The molecule has 21 heavy (non-hydrogen) atoms. The number of urea groups is 1. The van der Waals surface area contributed by atoms with E-state index in [9.17, 15) is 19.2 Å². The first-order valence-corrected chi connectivity index (χ1v) is 6.84. The summed E-state index contributed by atoms with van der Waals surface area (Å²) >= 11 is 0. The number of nitrogens with one attached hydrogen (secondary N) is 1. The lowest BCUT2D eigenvalue weighted by atomic mass is 9.99. The van der Waals surface area contributed by atoms with E-state index >= 15 is 0 Å². The molecule has 0 aromatic rings. The summed E-state index contributed by atoms with van der Waals surface area (Å²) in [6.07, 6.45) is 1.93. The summed E-state index contributed by atoms with van der Waals surface area (Å²) < 4.78 is 0. The van der Waals surface area contributed by atoms with E-state index in [4.69, 9.17) is 5.11 Å². The molecule has 1 saturated carbocycles. The van der Waals surface area contributed by atoms with Crippen molar-refractivity contribution in [3.8, 4) is 0 Å². The maximum atomic E-state index is 12.6.